The number of amides is 1. The zero-order valence-corrected chi connectivity index (χ0v) is 16.2. The summed E-state index contributed by atoms with van der Waals surface area (Å²) in [6.45, 7) is 3.54. The number of carbonyl (C=O) groups excluding carboxylic acids is 1. The zero-order valence-electron chi connectivity index (χ0n) is 16.2. The SMILES string of the molecule is Cc1cc2cc(C(=N)N)ccc2n1C(=O)N1CCC(Cc2ccccc2)CC1. The maximum absolute atomic E-state index is 13.2. The number of nitrogens with two attached hydrogens (primary N) is 1. The van der Waals surface area contributed by atoms with Gasteiger partial charge in [-0.2, -0.15) is 0 Å². The van der Waals surface area contributed by atoms with E-state index in [0.29, 0.717) is 11.5 Å². The fourth-order valence-electron chi connectivity index (χ4n) is 4.19. The van der Waals surface area contributed by atoms with E-state index in [4.69, 9.17) is 11.1 Å². The van der Waals surface area contributed by atoms with Gasteiger partial charge < -0.3 is 10.6 Å². The minimum Gasteiger partial charge on any atom is -0.384 e. The Kier molecular flexibility index (Phi) is 4.90. The van der Waals surface area contributed by atoms with Gasteiger partial charge in [-0.15, -0.1) is 0 Å². The molecule has 2 aromatic carbocycles. The molecule has 1 aliphatic rings. The van der Waals surface area contributed by atoms with Crippen molar-refractivity contribution in [3.8, 4) is 0 Å². The maximum atomic E-state index is 13.2. The van der Waals surface area contributed by atoms with Crippen LogP contribution in [0.25, 0.3) is 10.9 Å². The smallest absolute Gasteiger partial charge is 0.328 e. The van der Waals surface area contributed by atoms with Gasteiger partial charge in [0, 0.05) is 29.7 Å². The molecule has 0 atom stereocenters. The lowest BCUT2D eigenvalue weighted by molar-refractivity contribution is 0.172. The first-order valence-electron chi connectivity index (χ1n) is 9.82. The summed E-state index contributed by atoms with van der Waals surface area (Å²) in [5.41, 5.74) is 9.43. The van der Waals surface area contributed by atoms with Gasteiger partial charge in [-0.3, -0.25) is 9.98 Å². The molecule has 0 spiro atoms. The summed E-state index contributed by atoms with van der Waals surface area (Å²) in [5.74, 6) is 0.672. The second kappa shape index (κ2) is 7.50. The highest BCUT2D eigenvalue weighted by Crippen LogP contribution is 2.25. The van der Waals surface area contributed by atoms with E-state index in [1.807, 2.05) is 36.1 Å². The molecule has 1 aromatic heterocycles. The molecule has 0 aliphatic carbocycles. The fourth-order valence-corrected chi connectivity index (χ4v) is 4.19. The van der Waals surface area contributed by atoms with Crippen LogP contribution in [0, 0.1) is 18.3 Å². The minimum atomic E-state index is 0.0408. The molecule has 5 nitrogen and oxygen atoms in total. The monoisotopic (exact) mass is 374 g/mol. The van der Waals surface area contributed by atoms with Crippen molar-refractivity contribution < 1.29 is 4.79 Å². The number of rotatable bonds is 3. The number of aryl methyl sites for hydroxylation is 1. The number of fused-ring (bicyclic) bond motifs is 1. The average molecular weight is 374 g/mol. The Balaban J connectivity index is 1.48. The number of carbonyl (C=O) groups is 1. The summed E-state index contributed by atoms with van der Waals surface area (Å²) in [6, 6.07) is 18.2. The van der Waals surface area contributed by atoms with Crippen LogP contribution < -0.4 is 5.73 Å². The van der Waals surface area contributed by atoms with Crippen LogP contribution in [0.3, 0.4) is 0 Å². The van der Waals surface area contributed by atoms with Gasteiger partial charge in [0.05, 0.1) is 5.52 Å². The molecule has 1 saturated heterocycles. The molecule has 2 heterocycles. The lowest BCUT2D eigenvalue weighted by atomic mass is 9.90. The third-order valence-corrected chi connectivity index (χ3v) is 5.74. The van der Waals surface area contributed by atoms with E-state index in [0.717, 1.165) is 48.9 Å². The van der Waals surface area contributed by atoms with E-state index in [-0.39, 0.29) is 11.9 Å². The Morgan fingerprint density at radius 2 is 1.82 bits per heavy atom. The summed E-state index contributed by atoms with van der Waals surface area (Å²) in [6.07, 6.45) is 3.16. The fraction of sp³-hybridized carbons (Fsp3) is 0.304. The van der Waals surface area contributed by atoms with Crippen LogP contribution >= 0.6 is 0 Å². The summed E-state index contributed by atoms with van der Waals surface area (Å²) in [4.78, 5) is 15.2. The Hall–Kier alpha value is -3.08. The van der Waals surface area contributed by atoms with E-state index >= 15 is 0 Å². The molecule has 3 N–H and O–H groups in total. The highest BCUT2D eigenvalue weighted by molar-refractivity contribution is 6.00. The van der Waals surface area contributed by atoms with Crippen LogP contribution in [-0.4, -0.2) is 34.4 Å². The summed E-state index contributed by atoms with van der Waals surface area (Å²) >= 11 is 0. The predicted octanol–water partition coefficient (Wildman–Crippen LogP) is 4.16. The van der Waals surface area contributed by atoms with Gasteiger partial charge in [0.1, 0.15) is 5.84 Å². The van der Waals surface area contributed by atoms with Crippen molar-refractivity contribution in [3.05, 3.63) is 71.4 Å². The number of aromatic nitrogens is 1. The van der Waals surface area contributed by atoms with Gasteiger partial charge in [-0.05, 0) is 61.9 Å². The molecule has 0 saturated carbocycles. The Morgan fingerprint density at radius 3 is 2.50 bits per heavy atom. The molecule has 3 aromatic rings. The van der Waals surface area contributed by atoms with Gasteiger partial charge in [0.25, 0.3) is 0 Å². The molecule has 28 heavy (non-hydrogen) atoms. The van der Waals surface area contributed by atoms with Gasteiger partial charge >= 0.3 is 6.03 Å². The van der Waals surface area contributed by atoms with E-state index in [9.17, 15) is 4.79 Å². The molecule has 5 heteroatoms. The molecule has 1 fully saturated rings. The molecule has 1 amide bonds. The van der Waals surface area contributed by atoms with Gasteiger partial charge in [-0.1, -0.05) is 30.3 Å². The number of hydrogen-bond acceptors (Lipinski definition) is 2. The quantitative estimate of drug-likeness (QED) is 0.534. The summed E-state index contributed by atoms with van der Waals surface area (Å²) < 4.78 is 1.79. The van der Waals surface area contributed by atoms with Crippen molar-refractivity contribution >= 4 is 22.8 Å². The summed E-state index contributed by atoms with van der Waals surface area (Å²) in [7, 11) is 0. The van der Waals surface area contributed by atoms with Crippen molar-refractivity contribution in [2.75, 3.05) is 13.1 Å². The van der Waals surface area contributed by atoms with Crippen molar-refractivity contribution in [1.29, 1.82) is 5.41 Å². The normalized spacial score (nSPS) is 15.1. The second-order valence-electron chi connectivity index (χ2n) is 7.71. The maximum Gasteiger partial charge on any atom is 0.328 e. The number of amidine groups is 1. The predicted molar refractivity (Wildman–Crippen MR) is 113 cm³/mol. The van der Waals surface area contributed by atoms with Crippen LogP contribution in [0.5, 0.6) is 0 Å². The molecule has 1 aliphatic heterocycles. The van der Waals surface area contributed by atoms with Gasteiger partial charge in [-0.25, -0.2) is 4.79 Å². The number of piperidine rings is 1. The Labute approximate surface area is 165 Å². The third kappa shape index (κ3) is 3.52. The van der Waals surface area contributed by atoms with E-state index < -0.39 is 0 Å². The molecule has 0 radical (unpaired) electrons. The average Bonchev–Trinajstić information content (AvgIpc) is 3.03. The number of nitrogens with zero attached hydrogens (tertiary/aromatic N) is 2. The third-order valence-electron chi connectivity index (χ3n) is 5.74. The number of nitrogen functional groups attached to an aromatic ring is 1. The minimum absolute atomic E-state index is 0.0408. The van der Waals surface area contributed by atoms with Crippen molar-refractivity contribution in [3.63, 3.8) is 0 Å². The van der Waals surface area contributed by atoms with Crippen LogP contribution in [0.1, 0.15) is 29.7 Å². The molecule has 4 rings (SSSR count). The number of nitrogens with one attached hydrogen (secondary N) is 1. The zero-order chi connectivity index (χ0) is 19.7. The first kappa shape index (κ1) is 18.3. The summed E-state index contributed by atoms with van der Waals surface area (Å²) in [5, 5.41) is 8.55. The number of benzene rings is 2. The highest BCUT2D eigenvalue weighted by atomic mass is 16.2. The topological polar surface area (TPSA) is 75.1 Å². The molecule has 0 bridgehead atoms. The van der Waals surface area contributed by atoms with Crippen LogP contribution in [-0.2, 0) is 6.42 Å². The van der Waals surface area contributed by atoms with Crippen molar-refractivity contribution in [2.24, 2.45) is 11.7 Å². The molecular weight excluding hydrogens is 348 g/mol. The Bertz CT molecular complexity index is 1010. The van der Waals surface area contributed by atoms with Crippen molar-refractivity contribution in [1.82, 2.24) is 9.47 Å². The van der Waals surface area contributed by atoms with Crippen molar-refractivity contribution in [2.45, 2.75) is 26.2 Å². The lowest BCUT2D eigenvalue weighted by Crippen LogP contribution is -2.41. The number of hydrogen-bond donors (Lipinski definition) is 2. The molecule has 0 unspecified atom stereocenters. The van der Waals surface area contributed by atoms with Crippen LogP contribution in [0.4, 0.5) is 4.79 Å². The van der Waals surface area contributed by atoms with E-state index in [1.165, 1.54) is 5.56 Å². The van der Waals surface area contributed by atoms with Crippen LogP contribution in [0.2, 0.25) is 0 Å². The second-order valence-corrected chi connectivity index (χ2v) is 7.71. The molecule has 144 valence electrons. The standard InChI is InChI=1S/C23H26N4O/c1-16-13-20-15-19(22(24)25)7-8-21(20)27(16)23(28)26-11-9-18(10-12-26)14-17-5-3-2-4-6-17/h2-8,13,15,18H,9-12,14H2,1H3,(H3,24,25). The number of likely N-dealkylation sites (tertiary alicyclic amines) is 1. The van der Waals surface area contributed by atoms with E-state index in [2.05, 4.69) is 24.3 Å². The molecular formula is C23H26N4O. The highest BCUT2D eigenvalue weighted by Gasteiger charge is 2.25. The largest absolute Gasteiger partial charge is 0.384 e. The first-order chi connectivity index (χ1) is 13.5. The van der Waals surface area contributed by atoms with Gasteiger partial charge in [0.2, 0.25) is 0 Å². The lowest BCUT2D eigenvalue weighted by Gasteiger charge is -2.32. The Morgan fingerprint density at radius 1 is 1.11 bits per heavy atom. The van der Waals surface area contributed by atoms with E-state index in [1.54, 1.807) is 10.6 Å². The van der Waals surface area contributed by atoms with Crippen LogP contribution in [0.15, 0.2) is 54.6 Å². The first-order valence-corrected chi connectivity index (χ1v) is 9.82. The van der Waals surface area contributed by atoms with Gasteiger partial charge in [0.15, 0.2) is 0 Å².